The third kappa shape index (κ3) is 9.51. The lowest BCUT2D eigenvalue weighted by atomic mass is 10.0. The Bertz CT molecular complexity index is 1800. The van der Waals surface area contributed by atoms with Crippen molar-refractivity contribution in [2.45, 2.75) is 24.4 Å². The summed E-state index contributed by atoms with van der Waals surface area (Å²) in [5, 5.41) is 32.1. The van der Waals surface area contributed by atoms with Crippen LogP contribution in [0.3, 0.4) is 0 Å². The predicted octanol–water partition coefficient (Wildman–Crippen LogP) is -4.37. The fraction of sp³-hybridized carbons (Fsp3) is 0.409. The Morgan fingerprint density at radius 3 is 2.51 bits per heavy atom. The first-order valence-corrected chi connectivity index (χ1v) is 16.6. The van der Waals surface area contributed by atoms with Gasteiger partial charge in [0, 0.05) is 29.4 Å². The highest BCUT2D eigenvalue weighted by molar-refractivity contribution is 8.00. The molecule has 13 N–H and O–H groups in total. The van der Waals surface area contributed by atoms with Gasteiger partial charge in [0.1, 0.15) is 17.1 Å². The molecular weight excluding hydrogens is 719 g/mol. The van der Waals surface area contributed by atoms with Crippen molar-refractivity contribution in [1.82, 2.24) is 24.3 Å². The number of carbonyl (C=O) groups excluding carboxylic acids is 2. The van der Waals surface area contributed by atoms with Gasteiger partial charge in [0.2, 0.25) is 34.7 Å². The van der Waals surface area contributed by atoms with Gasteiger partial charge in [0.25, 0.3) is 11.8 Å². The minimum absolute atomic E-state index is 0.00534. The molecule has 49 heavy (non-hydrogen) atoms. The first-order valence-electron chi connectivity index (χ1n) is 13.4. The van der Waals surface area contributed by atoms with Crippen LogP contribution in [0.2, 0.25) is 0 Å². The number of carbonyl (C=O) groups is 4. The number of aromatic nitrogens is 4. The molecule has 2 aliphatic rings. The average molecular weight is 750 g/mol. The van der Waals surface area contributed by atoms with Crippen molar-refractivity contribution >= 4 is 85.8 Å². The number of oxime groups is 1. The van der Waals surface area contributed by atoms with Gasteiger partial charge < -0.3 is 52.8 Å². The number of hydrogen-bond donors (Lipinski definition) is 9. The number of nitrogens with two attached hydrogens (primary N) is 4. The Morgan fingerprint density at radius 1 is 1.33 bits per heavy atom. The van der Waals surface area contributed by atoms with Gasteiger partial charge in [0.05, 0.1) is 7.05 Å². The van der Waals surface area contributed by atoms with Crippen LogP contribution in [-0.2, 0) is 48.0 Å². The van der Waals surface area contributed by atoms with Crippen molar-refractivity contribution in [3.05, 3.63) is 23.3 Å². The van der Waals surface area contributed by atoms with Crippen LogP contribution in [0.4, 0.5) is 16.6 Å². The highest BCUT2D eigenvalue weighted by Gasteiger charge is 2.55. The Balaban J connectivity index is 0.00000121. The number of fused-ring (bicyclic) bond motifs is 1. The summed E-state index contributed by atoms with van der Waals surface area (Å²) in [6.07, 6.45) is 2.18. The lowest BCUT2D eigenvalue weighted by Gasteiger charge is -2.49. The number of aliphatic carboxylic acids is 2. The number of anilines is 3. The molecule has 2 amide bonds. The largest absolute Gasteiger partial charge is 0.726 e. The van der Waals surface area contributed by atoms with E-state index in [0.717, 1.165) is 16.4 Å². The lowest BCUT2D eigenvalue weighted by Crippen LogP contribution is -2.71. The van der Waals surface area contributed by atoms with E-state index < -0.39 is 57.9 Å². The summed E-state index contributed by atoms with van der Waals surface area (Å²) in [5.41, 5.74) is 23.3. The fourth-order valence-corrected chi connectivity index (χ4v) is 6.22. The van der Waals surface area contributed by atoms with E-state index in [1.807, 2.05) is 0 Å². The molecule has 2 atom stereocenters. The molecule has 2 aliphatic heterocycles. The van der Waals surface area contributed by atoms with Crippen LogP contribution in [0, 0.1) is 5.41 Å². The maximum Gasteiger partial charge on any atom is 0.352 e. The van der Waals surface area contributed by atoms with Crippen molar-refractivity contribution < 1.29 is 56.4 Å². The molecule has 2 aromatic rings. The summed E-state index contributed by atoms with van der Waals surface area (Å²) in [5.74, 6) is -4.35. The Labute approximate surface area is 284 Å². The van der Waals surface area contributed by atoms with E-state index in [1.165, 1.54) is 16.7 Å². The maximum absolute atomic E-state index is 13.2. The highest BCUT2D eigenvalue weighted by atomic mass is 32.3. The van der Waals surface area contributed by atoms with E-state index in [0.29, 0.717) is 30.8 Å². The molecule has 268 valence electrons. The summed E-state index contributed by atoms with van der Waals surface area (Å²) in [7, 11) is -3.26. The molecule has 2 aromatic heterocycles. The van der Waals surface area contributed by atoms with E-state index in [9.17, 15) is 24.3 Å². The number of rotatable bonds is 13. The standard InChI is InChI=1S/C22H29N13O7S2.H2O4S/c1-32-15(24)10(34(21(25)26)4-2-3-23)6-33(32)5-9-8-43-19-13(18(39)35(19)14(9)20(40)41)28-17(38)12(30-42-7-11(36)37)16-29-22(27)44-31-16;1-5(2,3)4/h6,13,19,24H,2-5,7-8,23H2,1H3,(H8,25,26,27,28,29,31,36,37,38,40,41);(H2,1,2,3,4)/b30-12+;/t13-,19?;/m1./s1. The Morgan fingerprint density at radius 2 is 1.98 bits per heavy atom. The zero-order valence-electron chi connectivity index (χ0n) is 25.2. The normalized spacial score (nSPS) is 17.3. The number of nitrogens with zero attached hydrogens (tertiary/aromatic N) is 7. The molecule has 4 rings (SSSR count). The van der Waals surface area contributed by atoms with Crippen LogP contribution in [0.15, 0.2) is 22.6 Å². The number of guanidine groups is 1. The number of carboxylic acids is 2. The zero-order valence-corrected chi connectivity index (χ0v) is 27.7. The van der Waals surface area contributed by atoms with E-state index in [2.05, 4.69) is 24.7 Å². The van der Waals surface area contributed by atoms with E-state index in [-0.39, 0.29) is 40.7 Å². The van der Waals surface area contributed by atoms with Crippen LogP contribution in [0.25, 0.3) is 0 Å². The van der Waals surface area contributed by atoms with Gasteiger partial charge >= 0.3 is 11.9 Å². The highest BCUT2D eigenvalue weighted by Crippen LogP contribution is 2.40. The molecule has 1 saturated heterocycles. The molecule has 27 heteroatoms. The zero-order chi connectivity index (χ0) is 36.8. The number of β-lactam (4-membered cyclic amide) rings is 1. The second kappa shape index (κ2) is 15.9. The van der Waals surface area contributed by atoms with Crippen LogP contribution < -0.4 is 37.8 Å². The van der Waals surface area contributed by atoms with Gasteiger partial charge in [-0.05, 0) is 13.0 Å². The second-order valence-corrected chi connectivity index (χ2v) is 12.6. The molecule has 0 aromatic carbocycles. The van der Waals surface area contributed by atoms with Crippen molar-refractivity contribution in [2.75, 3.05) is 41.8 Å². The summed E-state index contributed by atoms with van der Waals surface area (Å²) in [6, 6.07) is -1.14. The van der Waals surface area contributed by atoms with E-state index >= 15 is 0 Å². The van der Waals surface area contributed by atoms with Gasteiger partial charge in [-0.1, -0.05) is 5.16 Å². The third-order valence-electron chi connectivity index (χ3n) is 6.54. The molecule has 4 heterocycles. The maximum atomic E-state index is 13.2. The molecular formula is C22H31N13O11S3. The van der Waals surface area contributed by atoms with Gasteiger partial charge in [-0.2, -0.15) is 9.36 Å². The molecule has 0 aliphatic carbocycles. The number of nitrogen functional groups attached to an aromatic ring is 2. The van der Waals surface area contributed by atoms with Crippen molar-refractivity contribution in [2.24, 2.45) is 23.7 Å². The minimum Gasteiger partial charge on any atom is -0.726 e. The molecule has 0 saturated carbocycles. The monoisotopic (exact) mass is 749 g/mol. The summed E-state index contributed by atoms with van der Waals surface area (Å²) in [4.78, 5) is 60.6. The fourth-order valence-electron chi connectivity index (χ4n) is 4.46. The molecule has 0 bridgehead atoms. The van der Waals surface area contributed by atoms with Gasteiger partial charge in [-0.3, -0.25) is 24.5 Å². The number of thioether (sulfide) groups is 1. The first kappa shape index (κ1) is 38.4. The van der Waals surface area contributed by atoms with Crippen LogP contribution in [0.5, 0.6) is 0 Å². The number of amides is 2. The molecule has 1 fully saturated rings. The van der Waals surface area contributed by atoms with E-state index in [1.54, 1.807) is 22.6 Å². The van der Waals surface area contributed by atoms with Gasteiger partial charge in [-0.15, -0.1) is 21.1 Å². The summed E-state index contributed by atoms with van der Waals surface area (Å²) in [6.45, 7) is -0.0917. The lowest BCUT2D eigenvalue weighted by molar-refractivity contribution is -0.765. The minimum atomic E-state index is -4.92. The van der Waals surface area contributed by atoms with Crippen LogP contribution >= 0.6 is 23.3 Å². The average Bonchev–Trinajstić information content (AvgIpc) is 3.54. The molecule has 24 nitrogen and oxygen atoms in total. The quantitative estimate of drug-likeness (QED) is 0.0178. The molecule has 1 unspecified atom stereocenters. The molecule has 0 radical (unpaired) electrons. The summed E-state index contributed by atoms with van der Waals surface area (Å²) < 4.78 is 39.9. The van der Waals surface area contributed by atoms with Crippen molar-refractivity contribution in [3.8, 4) is 0 Å². The SMILES string of the molecule is Cn1c(N)c(N(CCCN)C(=N)N)c[n+]1CC1=C(C(=O)O)N2C(=O)[C@@H](NC(=O)/C(=N/OCC(=O)O)c3nsc(N)n3)C2SC1.O=S(=O)([O-])O. The first-order chi connectivity index (χ1) is 22.8. The van der Waals surface area contributed by atoms with Crippen molar-refractivity contribution in [1.29, 1.82) is 5.41 Å². The second-order valence-electron chi connectivity index (χ2n) is 9.81. The number of hydrogen-bond acceptors (Lipinski definition) is 17. The van der Waals surface area contributed by atoms with Gasteiger partial charge in [0.15, 0.2) is 29.1 Å². The smallest absolute Gasteiger partial charge is 0.352 e. The predicted molar refractivity (Wildman–Crippen MR) is 169 cm³/mol. The molecule has 0 spiro atoms. The Kier molecular flexibility index (Phi) is 12.4. The number of nitrogens with one attached hydrogen (secondary N) is 2. The van der Waals surface area contributed by atoms with E-state index in [4.69, 9.17) is 51.0 Å². The third-order valence-corrected chi connectivity index (χ3v) is 8.42. The topological polar surface area (TPSA) is 389 Å². The van der Waals surface area contributed by atoms with Crippen molar-refractivity contribution in [3.63, 3.8) is 0 Å². The Hall–Kier alpha value is -5.09. The van der Waals surface area contributed by atoms with Crippen LogP contribution in [0.1, 0.15) is 12.2 Å². The summed E-state index contributed by atoms with van der Waals surface area (Å²) >= 11 is 1.99. The van der Waals surface area contributed by atoms with Crippen LogP contribution in [-0.4, -0.2) is 119 Å². The number of carboxylic acid groups (broad SMARTS) is 2. The van der Waals surface area contributed by atoms with Gasteiger partial charge in [-0.25, -0.2) is 18.0 Å².